The molecule has 7 nitrogen and oxygen atoms in total. The minimum absolute atomic E-state index is 0.0605. The van der Waals surface area contributed by atoms with E-state index >= 15 is 0 Å². The van der Waals surface area contributed by atoms with Crippen molar-refractivity contribution in [3.05, 3.63) is 89.1 Å². The Bertz CT molecular complexity index is 1500. The molecule has 0 saturated carbocycles. The first-order valence-electron chi connectivity index (χ1n) is 11.6. The van der Waals surface area contributed by atoms with Gasteiger partial charge >= 0.3 is 0 Å². The number of rotatable bonds is 3. The third-order valence-electron chi connectivity index (χ3n) is 6.84. The van der Waals surface area contributed by atoms with E-state index in [1.807, 2.05) is 53.4 Å². The number of para-hydroxylation sites is 1. The van der Waals surface area contributed by atoms with E-state index in [1.165, 1.54) is 10.9 Å². The van der Waals surface area contributed by atoms with Gasteiger partial charge < -0.3 is 28.8 Å². The summed E-state index contributed by atoms with van der Waals surface area (Å²) in [6.07, 6.45) is 4.23. The minimum atomic E-state index is -0.269. The number of aromatic amines is 1. The third kappa shape index (κ3) is 3.31. The predicted octanol–water partition coefficient (Wildman–Crippen LogP) is 4.81. The number of hydrogen-bond acceptors (Lipinski definition) is 5. The smallest absolute Gasteiger partial charge is 0.247 e. The fraction of sp³-hybridized carbons (Fsp3) is 0.179. The molecule has 174 valence electrons. The fourth-order valence-electron chi connectivity index (χ4n) is 5.19. The molecule has 1 atom stereocenters. The van der Waals surface area contributed by atoms with Crippen molar-refractivity contribution in [2.24, 2.45) is 0 Å². The number of fused-ring (bicyclic) bond motifs is 5. The van der Waals surface area contributed by atoms with Crippen molar-refractivity contribution < 1.29 is 23.7 Å². The minimum Gasteiger partial charge on any atom is -0.454 e. The molecular weight excluding hydrogens is 444 g/mol. The Hall–Kier alpha value is -4.39. The second kappa shape index (κ2) is 7.84. The van der Waals surface area contributed by atoms with Gasteiger partial charge in [-0.05, 0) is 59.5 Å². The highest BCUT2D eigenvalue weighted by molar-refractivity contribution is 5.93. The standard InChI is InChI=1S/C28H22N2O5/c31-26(10-6-17-5-8-22-24(13-17)34-15-32-22)30-12-11-20-19-3-1-2-4-21(19)29-27(20)28(30)18-7-9-23-25(14-18)35-16-33-23/h1-10,13-14,28-29H,11-12,15-16H2. The molecule has 3 aromatic carbocycles. The highest BCUT2D eigenvalue weighted by Gasteiger charge is 2.34. The van der Waals surface area contributed by atoms with E-state index in [-0.39, 0.29) is 25.5 Å². The molecule has 4 heterocycles. The van der Waals surface area contributed by atoms with Crippen LogP contribution in [0.4, 0.5) is 0 Å². The molecular formula is C28H22N2O5. The van der Waals surface area contributed by atoms with E-state index in [0.717, 1.165) is 40.3 Å². The molecule has 7 heteroatoms. The molecule has 1 N–H and O–H groups in total. The maximum absolute atomic E-state index is 13.6. The van der Waals surface area contributed by atoms with Crippen LogP contribution in [0.3, 0.4) is 0 Å². The summed E-state index contributed by atoms with van der Waals surface area (Å²) in [5, 5.41) is 1.20. The Balaban J connectivity index is 1.27. The van der Waals surface area contributed by atoms with Crippen molar-refractivity contribution in [2.75, 3.05) is 20.1 Å². The van der Waals surface area contributed by atoms with Crippen molar-refractivity contribution in [3.63, 3.8) is 0 Å². The molecule has 0 spiro atoms. The van der Waals surface area contributed by atoms with Crippen molar-refractivity contribution in [2.45, 2.75) is 12.5 Å². The SMILES string of the molecule is O=C(C=Cc1ccc2c(c1)OCO2)N1CCc2c([nH]c3ccccc23)C1c1ccc2c(c1)OCO2. The van der Waals surface area contributed by atoms with Gasteiger partial charge in [-0.15, -0.1) is 0 Å². The van der Waals surface area contributed by atoms with Gasteiger partial charge in [-0.25, -0.2) is 0 Å². The second-order valence-electron chi connectivity index (χ2n) is 8.81. The predicted molar refractivity (Wildman–Crippen MR) is 130 cm³/mol. The zero-order valence-electron chi connectivity index (χ0n) is 18.8. The number of hydrogen-bond donors (Lipinski definition) is 1. The summed E-state index contributed by atoms with van der Waals surface area (Å²) in [4.78, 5) is 19.1. The average molecular weight is 466 g/mol. The summed E-state index contributed by atoms with van der Waals surface area (Å²) in [6.45, 7) is 1.04. The first-order valence-corrected chi connectivity index (χ1v) is 11.6. The van der Waals surface area contributed by atoms with Crippen molar-refractivity contribution in [1.82, 2.24) is 9.88 Å². The van der Waals surface area contributed by atoms with E-state index in [2.05, 4.69) is 23.2 Å². The highest BCUT2D eigenvalue weighted by Crippen LogP contribution is 2.42. The molecule has 0 fully saturated rings. The largest absolute Gasteiger partial charge is 0.454 e. The Kier molecular flexibility index (Phi) is 4.48. The van der Waals surface area contributed by atoms with Crippen LogP contribution in [0.1, 0.15) is 28.4 Å². The van der Waals surface area contributed by atoms with E-state index in [4.69, 9.17) is 18.9 Å². The van der Waals surface area contributed by atoms with Crippen LogP contribution in [0.2, 0.25) is 0 Å². The number of nitrogens with one attached hydrogen (secondary N) is 1. The summed E-state index contributed by atoms with van der Waals surface area (Å²) < 4.78 is 22.0. The molecule has 0 aliphatic carbocycles. The van der Waals surface area contributed by atoms with Crippen LogP contribution in [0.25, 0.3) is 17.0 Å². The molecule has 0 radical (unpaired) electrons. The lowest BCUT2D eigenvalue weighted by Gasteiger charge is -2.35. The van der Waals surface area contributed by atoms with Gasteiger partial charge in [-0.1, -0.05) is 30.3 Å². The van der Waals surface area contributed by atoms with Crippen LogP contribution in [0, 0.1) is 0 Å². The van der Waals surface area contributed by atoms with Gasteiger partial charge in [0.1, 0.15) is 0 Å². The Morgan fingerprint density at radius 1 is 0.886 bits per heavy atom. The number of carbonyl (C=O) groups excluding carboxylic acids is 1. The van der Waals surface area contributed by atoms with E-state index in [0.29, 0.717) is 18.0 Å². The lowest BCUT2D eigenvalue weighted by Crippen LogP contribution is -2.39. The third-order valence-corrected chi connectivity index (χ3v) is 6.84. The number of H-pyrrole nitrogens is 1. The van der Waals surface area contributed by atoms with Crippen molar-refractivity contribution in [3.8, 4) is 23.0 Å². The van der Waals surface area contributed by atoms with Crippen molar-refractivity contribution in [1.29, 1.82) is 0 Å². The normalized spacial score (nSPS) is 17.8. The average Bonchev–Trinajstić information content (AvgIpc) is 3.63. The molecule has 1 amide bonds. The first-order chi connectivity index (χ1) is 17.2. The molecule has 0 bridgehead atoms. The number of benzene rings is 3. The maximum atomic E-state index is 13.6. The number of nitrogens with zero attached hydrogens (tertiary/aromatic N) is 1. The molecule has 35 heavy (non-hydrogen) atoms. The van der Waals surface area contributed by atoms with E-state index in [9.17, 15) is 4.79 Å². The van der Waals surface area contributed by atoms with Crippen LogP contribution >= 0.6 is 0 Å². The maximum Gasteiger partial charge on any atom is 0.247 e. The summed E-state index contributed by atoms with van der Waals surface area (Å²) in [5.41, 5.74) is 5.23. The Morgan fingerprint density at radius 2 is 1.63 bits per heavy atom. The number of amides is 1. The lowest BCUT2D eigenvalue weighted by atomic mass is 9.92. The number of ether oxygens (including phenoxy) is 4. The monoisotopic (exact) mass is 466 g/mol. The van der Waals surface area contributed by atoms with Gasteiger partial charge in [0.2, 0.25) is 19.5 Å². The zero-order valence-corrected chi connectivity index (χ0v) is 18.8. The molecule has 3 aliphatic rings. The highest BCUT2D eigenvalue weighted by atomic mass is 16.7. The van der Waals surface area contributed by atoms with Gasteiger partial charge in [0.25, 0.3) is 0 Å². The van der Waals surface area contributed by atoms with Crippen LogP contribution in [-0.4, -0.2) is 35.9 Å². The molecule has 3 aliphatic heterocycles. The summed E-state index contributed by atoms with van der Waals surface area (Å²) >= 11 is 0. The summed E-state index contributed by atoms with van der Waals surface area (Å²) in [5.74, 6) is 2.78. The van der Waals surface area contributed by atoms with E-state index < -0.39 is 0 Å². The van der Waals surface area contributed by atoms with Gasteiger partial charge in [0, 0.05) is 29.2 Å². The molecule has 7 rings (SSSR count). The summed E-state index contributed by atoms with van der Waals surface area (Å²) in [6, 6.07) is 19.6. The Morgan fingerprint density at radius 3 is 2.49 bits per heavy atom. The second-order valence-corrected chi connectivity index (χ2v) is 8.81. The molecule has 1 aromatic heterocycles. The quantitative estimate of drug-likeness (QED) is 0.439. The molecule has 1 unspecified atom stereocenters. The van der Waals surface area contributed by atoms with Crippen LogP contribution in [-0.2, 0) is 11.2 Å². The van der Waals surface area contributed by atoms with Gasteiger partial charge in [-0.2, -0.15) is 0 Å². The fourth-order valence-corrected chi connectivity index (χ4v) is 5.19. The topological polar surface area (TPSA) is 73.0 Å². The van der Waals surface area contributed by atoms with Gasteiger partial charge in [0.05, 0.1) is 6.04 Å². The van der Waals surface area contributed by atoms with Crippen molar-refractivity contribution >= 4 is 22.9 Å². The number of aromatic nitrogens is 1. The Labute approximate surface area is 201 Å². The molecule has 4 aromatic rings. The summed E-state index contributed by atoms with van der Waals surface area (Å²) in [7, 11) is 0. The number of carbonyl (C=O) groups is 1. The van der Waals surface area contributed by atoms with Gasteiger partial charge in [0.15, 0.2) is 23.0 Å². The van der Waals surface area contributed by atoms with Crippen LogP contribution in [0.15, 0.2) is 66.7 Å². The first kappa shape index (κ1) is 20.0. The van der Waals surface area contributed by atoms with Crippen LogP contribution in [0.5, 0.6) is 23.0 Å². The zero-order chi connectivity index (χ0) is 23.4. The van der Waals surface area contributed by atoms with Gasteiger partial charge in [-0.3, -0.25) is 4.79 Å². The molecule has 0 saturated heterocycles. The van der Waals surface area contributed by atoms with Crippen LogP contribution < -0.4 is 18.9 Å². The van der Waals surface area contributed by atoms with E-state index in [1.54, 1.807) is 6.08 Å². The lowest BCUT2D eigenvalue weighted by molar-refractivity contribution is -0.128.